The van der Waals surface area contributed by atoms with E-state index in [1.807, 2.05) is 24.3 Å². The maximum atomic E-state index is 11.6. The summed E-state index contributed by atoms with van der Waals surface area (Å²) in [7, 11) is 0. The van der Waals surface area contributed by atoms with Crippen molar-refractivity contribution >= 4 is 17.7 Å². The Balaban J connectivity index is 1.81. The fourth-order valence-corrected chi connectivity index (χ4v) is 1.69. The van der Waals surface area contributed by atoms with E-state index < -0.39 is 0 Å². The van der Waals surface area contributed by atoms with E-state index in [4.69, 9.17) is 10.5 Å². The molecule has 4 nitrogen and oxygen atoms in total. The van der Waals surface area contributed by atoms with Gasteiger partial charge < -0.3 is 15.8 Å². The van der Waals surface area contributed by atoms with E-state index in [-0.39, 0.29) is 11.3 Å². The maximum Gasteiger partial charge on any atom is 0.244 e. The predicted octanol–water partition coefficient (Wildman–Crippen LogP) is 1.43. The van der Waals surface area contributed by atoms with Crippen LogP contribution in [0.15, 0.2) is 30.3 Å². The van der Waals surface area contributed by atoms with Gasteiger partial charge in [0.2, 0.25) is 5.91 Å². The van der Waals surface area contributed by atoms with Crippen molar-refractivity contribution < 1.29 is 9.53 Å². The summed E-state index contributed by atoms with van der Waals surface area (Å²) < 4.78 is 5.13. The van der Waals surface area contributed by atoms with Crippen LogP contribution < -0.4 is 11.1 Å². The van der Waals surface area contributed by atoms with E-state index in [1.165, 1.54) is 6.08 Å². The van der Waals surface area contributed by atoms with Crippen molar-refractivity contribution in [1.29, 1.82) is 0 Å². The summed E-state index contributed by atoms with van der Waals surface area (Å²) in [4.78, 5) is 11.6. The van der Waals surface area contributed by atoms with Crippen LogP contribution in [-0.2, 0) is 9.53 Å². The molecular formula is C14H18N2O2. The highest BCUT2D eigenvalue weighted by molar-refractivity contribution is 5.91. The van der Waals surface area contributed by atoms with Gasteiger partial charge in [0.15, 0.2) is 0 Å². The molecule has 0 aliphatic carbocycles. The second-order valence-corrected chi connectivity index (χ2v) is 5.02. The average molecular weight is 246 g/mol. The Morgan fingerprint density at radius 2 is 2.11 bits per heavy atom. The molecule has 0 saturated carbocycles. The lowest BCUT2D eigenvalue weighted by molar-refractivity contribution is -0.122. The number of ether oxygens (including phenoxy) is 1. The van der Waals surface area contributed by atoms with Crippen molar-refractivity contribution in [3.8, 4) is 0 Å². The molecule has 0 aromatic heterocycles. The topological polar surface area (TPSA) is 64.4 Å². The lowest BCUT2D eigenvalue weighted by Crippen LogP contribution is -2.48. The zero-order valence-corrected chi connectivity index (χ0v) is 10.5. The molecule has 1 aliphatic rings. The van der Waals surface area contributed by atoms with Crippen molar-refractivity contribution in [2.45, 2.75) is 6.92 Å². The van der Waals surface area contributed by atoms with Crippen LogP contribution in [0.25, 0.3) is 6.08 Å². The Labute approximate surface area is 107 Å². The number of nitrogens with two attached hydrogens (primary N) is 1. The van der Waals surface area contributed by atoms with Crippen molar-refractivity contribution in [1.82, 2.24) is 5.32 Å². The largest absolute Gasteiger partial charge is 0.399 e. The van der Waals surface area contributed by atoms with Crippen LogP contribution in [0.4, 0.5) is 5.69 Å². The van der Waals surface area contributed by atoms with Gasteiger partial charge >= 0.3 is 0 Å². The third kappa shape index (κ3) is 3.34. The minimum absolute atomic E-state index is 0.0834. The number of rotatable bonds is 4. The Hall–Kier alpha value is -1.81. The summed E-state index contributed by atoms with van der Waals surface area (Å²) in [5.41, 5.74) is 7.36. The van der Waals surface area contributed by atoms with E-state index in [0.29, 0.717) is 6.54 Å². The lowest BCUT2D eigenvalue weighted by Gasteiger charge is -2.37. The number of carbonyl (C=O) groups excluding carboxylic acids is 1. The summed E-state index contributed by atoms with van der Waals surface area (Å²) in [6, 6.07) is 7.37. The van der Waals surface area contributed by atoms with Gasteiger partial charge in [-0.15, -0.1) is 0 Å². The molecule has 0 atom stereocenters. The number of carbonyl (C=O) groups is 1. The summed E-state index contributed by atoms with van der Waals surface area (Å²) in [6.45, 7) is 4.18. The summed E-state index contributed by atoms with van der Waals surface area (Å²) in [6.07, 6.45) is 3.31. The van der Waals surface area contributed by atoms with Crippen LogP contribution >= 0.6 is 0 Å². The van der Waals surface area contributed by atoms with Gasteiger partial charge in [0, 0.05) is 23.7 Å². The molecule has 1 amide bonds. The second kappa shape index (κ2) is 5.23. The quantitative estimate of drug-likeness (QED) is 0.624. The molecule has 4 heteroatoms. The maximum absolute atomic E-state index is 11.6. The van der Waals surface area contributed by atoms with E-state index in [0.717, 1.165) is 24.5 Å². The standard InChI is InChI=1S/C14H18N2O2/c1-14(9-18-10-14)8-16-13(17)7-4-11-2-5-12(15)6-3-11/h2-7H,8-10,15H2,1H3,(H,16,17)/b7-4+. The monoisotopic (exact) mass is 246 g/mol. The highest BCUT2D eigenvalue weighted by atomic mass is 16.5. The smallest absolute Gasteiger partial charge is 0.244 e. The zero-order valence-electron chi connectivity index (χ0n) is 10.5. The fourth-order valence-electron chi connectivity index (χ4n) is 1.69. The Kier molecular flexibility index (Phi) is 3.67. The summed E-state index contributed by atoms with van der Waals surface area (Å²) >= 11 is 0. The zero-order chi connectivity index (χ0) is 13.0. The van der Waals surface area contributed by atoms with E-state index in [2.05, 4.69) is 12.2 Å². The molecule has 2 rings (SSSR count). The molecule has 0 spiro atoms. The van der Waals surface area contributed by atoms with E-state index in [1.54, 1.807) is 6.08 Å². The first kappa shape index (κ1) is 12.6. The van der Waals surface area contributed by atoms with Gasteiger partial charge in [-0.3, -0.25) is 4.79 Å². The first-order valence-electron chi connectivity index (χ1n) is 5.97. The minimum atomic E-state index is -0.0834. The van der Waals surface area contributed by atoms with Crippen molar-refractivity contribution in [3.05, 3.63) is 35.9 Å². The number of amides is 1. The first-order chi connectivity index (χ1) is 8.57. The molecule has 1 fully saturated rings. The van der Waals surface area contributed by atoms with Crippen molar-refractivity contribution in [2.24, 2.45) is 5.41 Å². The van der Waals surface area contributed by atoms with E-state index in [9.17, 15) is 4.79 Å². The molecule has 1 aromatic rings. The van der Waals surface area contributed by atoms with Gasteiger partial charge in [0.05, 0.1) is 13.2 Å². The molecule has 1 saturated heterocycles. The average Bonchev–Trinajstić information content (AvgIpc) is 2.33. The molecular weight excluding hydrogens is 228 g/mol. The van der Waals surface area contributed by atoms with Crippen LogP contribution in [0.2, 0.25) is 0 Å². The normalized spacial score (nSPS) is 17.4. The first-order valence-corrected chi connectivity index (χ1v) is 5.97. The van der Waals surface area contributed by atoms with Crippen LogP contribution in [-0.4, -0.2) is 25.7 Å². The Morgan fingerprint density at radius 3 is 2.67 bits per heavy atom. The number of benzene rings is 1. The van der Waals surface area contributed by atoms with Gasteiger partial charge in [-0.05, 0) is 23.8 Å². The third-order valence-corrected chi connectivity index (χ3v) is 2.95. The Morgan fingerprint density at radius 1 is 1.44 bits per heavy atom. The number of hydrogen-bond donors (Lipinski definition) is 2. The van der Waals surface area contributed by atoms with Crippen molar-refractivity contribution in [2.75, 3.05) is 25.5 Å². The fraction of sp³-hybridized carbons (Fsp3) is 0.357. The third-order valence-electron chi connectivity index (χ3n) is 2.95. The molecule has 1 aromatic carbocycles. The highest BCUT2D eigenvalue weighted by Gasteiger charge is 2.33. The highest BCUT2D eigenvalue weighted by Crippen LogP contribution is 2.24. The summed E-state index contributed by atoms with van der Waals surface area (Å²) in [5.74, 6) is -0.0834. The van der Waals surface area contributed by atoms with Gasteiger partial charge in [-0.1, -0.05) is 19.1 Å². The summed E-state index contributed by atoms with van der Waals surface area (Å²) in [5, 5.41) is 2.88. The Bertz CT molecular complexity index is 447. The molecule has 1 heterocycles. The SMILES string of the molecule is CC1(CNC(=O)/C=C/c2ccc(N)cc2)COC1. The van der Waals surface area contributed by atoms with Crippen LogP contribution in [0.1, 0.15) is 12.5 Å². The minimum Gasteiger partial charge on any atom is -0.399 e. The van der Waals surface area contributed by atoms with E-state index >= 15 is 0 Å². The number of nitrogens with one attached hydrogen (secondary N) is 1. The van der Waals surface area contributed by atoms with Gasteiger partial charge in [0.25, 0.3) is 0 Å². The molecule has 0 radical (unpaired) electrons. The molecule has 0 bridgehead atoms. The van der Waals surface area contributed by atoms with Crippen molar-refractivity contribution in [3.63, 3.8) is 0 Å². The lowest BCUT2D eigenvalue weighted by atomic mass is 9.89. The molecule has 18 heavy (non-hydrogen) atoms. The number of hydrogen-bond acceptors (Lipinski definition) is 3. The number of anilines is 1. The van der Waals surface area contributed by atoms with Crippen LogP contribution in [0, 0.1) is 5.41 Å². The molecule has 96 valence electrons. The molecule has 1 aliphatic heterocycles. The number of nitrogen functional groups attached to an aromatic ring is 1. The molecule has 0 unspecified atom stereocenters. The van der Waals surface area contributed by atoms with Crippen LogP contribution in [0.3, 0.4) is 0 Å². The molecule has 3 N–H and O–H groups in total. The van der Waals surface area contributed by atoms with Gasteiger partial charge in [-0.25, -0.2) is 0 Å². The predicted molar refractivity (Wildman–Crippen MR) is 71.8 cm³/mol. The van der Waals surface area contributed by atoms with Gasteiger partial charge in [0.1, 0.15) is 0 Å². The second-order valence-electron chi connectivity index (χ2n) is 5.02. The van der Waals surface area contributed by atoms with Crippen LogP contribution in [0.5, 0.6) is 0 Å². The van der Waals surface area contributed by atoms with Gasteiger partial charge in [-0.2, -0.15) is 0 Å².